The first-order valence-corrected chi connectivity index (χ1v) is 36.9. The maximum Gasteiger partial charge on any atom is 0.135 e. The van der Waals surface area contributed by atoms with Gasteiger partial charge in [-0.1, -0.05) is 217 Å². The number of hydrogen-bond acceptors (Lipinski definition) is 4. The Hall–Kier alpha value is -11.6. The highest BCUT2D eigenvalue weighted by Crippen LogP contribution is 2.48. The minimum atomic E-state index is -0.0165. The molecule has 0 spiro atoms. The molecule has 0 fully saturated rings. The van der Waals surface area contributed by atoms with Crippen LogP contribution in [0.25, 0.3) is 133 Å². The van der Waals surface area contributed by atoms with Crippen LogP contribution in [0.15, 0.2) is 276 Å². The summed E-state index contributed by atoms with van der Waals surface area (Å²) in [5.74, 6) is 1.77. The van der Waals surface area contributed by atoms with Gasteiger partial charge in [-0.15, -0.1) is 0 Å². The van der Waals surface area contributed by atoms with Gasteiger partial charge < -0.3 is 27.8 Å². The average molecular weight is 1350 g/mol. The summed E-state index contributed by atoms with van der Waals surface area (Å²) < 4.78 is 17.8. The number of para-hydroxylation sites is 1. The van der Waals surface area contributed by atoms with Gasteiger partial charge in [0.25, 0.3) is 0 Å². The molecule has 0 radical (unpaired) electrons. The molecule has 104 heavy (non-hydrogen) atoms. The van der Waals surface area contributed by atoms with E-state index in [1.54, 1.807) is 0 Å². The topological polar surface area (TPSA) is 42.6 Å². The standard InChI is InChI=1S/C98H86N4O2/c1-95(2,3)69-27-37-73(38-28-69)99(77-35-25-61-53-67(23-21-63(61)55-77)91-57-65-17-13-15-19-89(65)103-91)79-45-47-83-87(59-79)101(75-41-31-71(32-42-75)97(7,8)9)85-51-49-82-81(93(83)85)50-52-86-94(82)84-48-46-80(60-88(84)102(86)76-43-33-72(34-44-76)98(10,11)12)100(74-39-29-70(30-40-74)96(4,5)6)78-36-26-62-54-68(24-22-64(62)56-78)92-58-66-18-14-16-20-90(66)104-92/h13,15,17-60H,14,16H2,1-12H3. The predicted molar refractivity (Wildman–Crippen MR) is 442 cm³/mol. The summed E-state index contributed by atoms with van der Waals surface area (Å²) in [6.45, 7) is 27.5. The van der Waals surface area contributed by atoms with Gasteiger partial charge in [-0.3, -0.25) is 0 Å². The van der Waals surface area contributed by atoms with Crippen LogP contribution in [-0.4, -0.2) is 9.13 Å². The number of rotatable bonds is 10. The molecule has 0 unspecified atom stereocenters. The van der Waals surface area contributed by atoms with Gasteiger partial charge in [-0.25, -0.2) is 0 Å². The van der Waals surface area contributed by atoms with E-state index in [-0.39, 0.29) is 21.7 Å². The minimum absolute atomic E-state index is 0.0101. The van der Waals surface area contributed by atoms with Gasteiger partial charge in [0.15, 0.2) is 0 Å². The smallest absolute Gasteiger partial charge is 0.135 e. The summed E-state index contributed by atoms with van der Waals surface area (Å²) in [5, 5.41) is 14.1. The van der Waals surface area contributed by atoms with Crippen LogP contribution in [0, 0.1) is 0 Å². The largest absolute Gasteiger partial charge is 0.456 e. The Kier molecular flexibility index (Phi) is 14.9. The lowest BCUT2D eigenvalue weighted by Gasteiger charge is -2.27. The molecule has 0 amide bonds. The second kappa shape index (κ2) is 24.0. The van der Waals surface area contributed by atoms with Gasteiger partial charge in [-0.05, 0) is 235 Å². The Balaban J connectivity index is 0.831. The van der Waals surface area contributed by atoms with Crippen molar-refractivity contribution < 1.29 is 8.83 Å². The van der Waals surface area contributed by atoms with Crippen LogP contribution in [0.3, 0.4) is 0 Å². The minimum Gasteiger partial charge on any atom is -0.456 e. The maximum absolute atomic E-state index is 6.43. The van der Waals surface area contributed by atoms with Gasteiger partial charge >= 0.3 is 0 Å². The third-order valence-electron chi connectivity index (χ3n) is 21.9. The fraction of sp³-hybridized carbons (Fsp3) is 0.184. The van der Waals surface area contributed by atoms with Crippen molar-refractivity contribution in [3.05, 3.63) is 300 Å². The highest BCUT2D eigenvalue weighted by atomic mass is 16.3. The van der Waals surface area contributed by atoms with Crippen LogP contribution in [-0.2, 0) is 21.7 Å². The lowest BCUT2D eigenvalue weighted by molar-refractivity contribution is 0.542. The van der Waals surface area contributed by atoms with Crippen LogP contribution < -0.4 is 20.4 Å². The number of benzene rings is 13. The summed E-state index contributed by atoms with van der Waals surface area (Å²) in [4.78, 5) is 4.88. The van der Waals surface area contributed by atoms with Crippen molar-refractivity contribution in [3.63, 3.8) is 0 Å². The molecule has 18 rings (SSSR count). The van der Waals surface area contributed by atoms with Crippen molar-refractivity contribution in [1.29, 1.82) is 0 Å². The summed E-state index contributed by atoms with van der Waals surface area (Å²) in [5.41, 5.74) is 22.4. The second-order valence-corrected chi connectivity index (χ2v) is 33.0. The van der Waals surface area contributed by atoms with Crippen molar-refractivity contribution in [2.45, 2.75) is 118 Å². The molecule has 0 saturated heterocycles. The Bertz CT molecular complexity index is 6360. The SMILES string of the molecule is CC(C)(C)c1ccc(N(c2ccc3cc(-c4cc5c(o4)=CCCC=5)ccc3c2)c2ccc3c4c5ccc6c(c5ccc4n(-c4ccc(C(C)(C)C)cc4)c3c2)c2ccc(N(c3ccc(C(C)(C)C)cc3)c3ccc4cc(-c5cc7ccccc7o5)ccc4c3)cc2n6-c2ccc(C(C)(C)C)cc2)cc1. The van der Waals surface area contributed by atoms with E-state index in [9.17, 15) is 0 Å². The normalized spacial score (nSPS) is 13.1. The zero-order chi connectivity index (χ0) is 71.3. The van der Waals surface area contributed by atoms with E-state index in [1.807, 2.05) is 12.1 Å². The van der Waals surface area contributed by atoms with Crippen molar-refractivity contribution in [2.75, 3.05) is 9.80 Å². The Morgan fingerprint density at radius 1 is 0.288 bits per heavy atom. The summed E-state index contributed by atoms with van der Waals surface area (Å²) in [7, 11) is 0. The molecule has 0 atom stereocenters. The third-order valence-corrected chi connectivity index (χ3v) is 21.9. The van der Waals surface area contributed by atoms with Gasteiger partial charge in [0.1, 0.15) is 22.5 Å². The van der Waals surface area contributed by atoms with E-state index >= 15 is 0 Å². The highest BCUT2D eigenvalue weighted by molar-refractivity contribution is 6.30. The molecule has 17 aromatic rings. The van der Waals surface area contributed by atoms with E-state index in [2.05, 4.69) is 369 Å². The summed E-state index contributed by atoms with van der Waals surface area (Å²) in [6, 6.07) is 101. The number of nitrogens with zero attached hydrogens (tertiary/aromatic N) is 4. The van der Waals surface area contributed by atoms with Crippen LogP contribution >= 0.6 is 0 Å². The van der Waals surface area contributed by atoms with Gasteiger partial charge in [0.05, 0.1) is 22.1 Å². The van der Waals surface area contributed by atoms with Gasteiger partial charge in [0.2, 0.25) is 0 Å². The molecule has 1 aliphatic rings. The number of aromatic nitrogens is 2. The fourth-order valence-corrected chi connectivity index (χ4v) is 16.1. The quantitative estimate of drug-likeness (QED) is 0.137. The van der Waals surface area contributed by atoms with E-state index < -0.39 is 0 Å². The first kappa shape index (κ1) is 64.5. The zero-order valence-electron chi connectivity index (χ0n) is 61.6. The number of anilines is 6. The molecule has 0 saturated carbocycles. The Morgan fingerprint density at radius 2 is 0.663 bits per heavy atom. The van der Waals surface area contributed by atoms with Gasteiger partial charge in [-0.2, -0.15) is 0 Å². The lowest BCUT2D eigenvalue weighted by atomic mass is 9.87. The molecule has 6 heteroatoms. The predicted octanol–water partition coefficient (Wildman–Crippen LogP) is 26.5. The van der Waals surface area contributed by atoms with Crippen molar-refractivity contribution >= 4 is 133 Å². The number of fused-ring (bicyclic) bond motifs is 13. The molecular formula is C98H86N4O2. The first-order valence-electron chi connectivity index (χ1n) is 36.9. The third kappa shape index (κ3) is 11.2. The zero-order valence-corrected chi connectivity index (χ0v) is 61.6. The molecule has 4 aromatic heterocycles. The van der Waals surface area contributed by atoms with Crippen LogP contribution in [0.2, 0.25) is 0 Å². The molecule has 0 N–H and O–H groups in total. The number of hydrogen-bond donors (Lipinski definition) is 0. The average Bonchev–Trinajstić information content (AvgIpc) is 1.55. The van der Waals surface area contributed by atoms with E-state index in [1.165, 1.54) is 59.8 Å². The van der Waals surface area contributed by atoms with E-state index in [0.717, 1.165) is 141 Å². The van der Waals surface area contributed by atoms with Crippen LogP contribution in [0.4, 0.5) is 34.1 Å². The van der Waals surface area contributed by atoms with Crippen LogP contribution in [0.5, 0.6) is 0 Å². The van der Waals surface area contributed by atoms with E-state index in [0.29, 0.717) is 0 Å². The molecule has 13 aromatic carbocycles. The molecule has 6 nitrogen and oxygen atoms in total. The molecule has 1 aliphatic carbocycles. The van der Waals surface area contributed by atoms with Crippen molar-refractivity contribution in [1.82, 2.24) is 9.13 Å². The fourth-order valence-electron chi connectivity index (χ4n) is 16.1. The summed E-state index contributed by atoms with van der Waals surface area (Å²) >= 11 is 0. The number of furan rings is 2. The molecule has 510 valence electrons. The highest BCUT2D eigenvalue weighted by Gasteiger charge is 2.27. The van der Waals surface area contributed by atoms with Crippen molar-refractivity contribution in [3.8, 4) is 34.0 Å². The van der Waals surface area contributed by atoms with Crippen LogP contribution in [0.1, 0.15) is 118 Å². The molecule has 4 heterocycles. The van der Waals surface area contributed by atoms with Crippen molar-refractivity contribution in [2.24, 2.45) is 0 Å². The Morgan fingerprint density at radius 3 is 1.11 bits per heavy atom. The summed E-state index contributed by atoms with van der Waals surface area (Å²) in [6.07, 6.45) is 6.56. The maximum atomic E-state index is 6.43. The van der Waals surface area contributed by atoms with E-state index in [4.69, 9.17) is 8.83 Å². The molecule has 0 bridgehead atoms. The van der Waals surface area contributed by atoms with Gasteiger partial charge in [0, 0.05) is 88.8 Å². The Labute approximate surface area is 608 Å². The first-order chi connectivity index (χ1) is 50.0. The monoisotopic (exact) mass is 1350 g/mol. The molecular weight excluding hydrogens is 1270 g/mol. The lowest BCUT2D eigenvalue weighted by Crippen LogP contribution is -2.21. The molecule has 0 aliphatic heterocycles. The second-order valence-electron chi connectivity index (χ2n) is 33.0.